The predicted molar refractivity (Wildman–Crippen MR) is 269 cm³/mol. The minimum atomic E-state index is -0.592. The molecule has 9 aromatic rings. The van der Waals surface area contributed by atoms with Crippen LogP contribution in [0.1, 0.15) is 39.8 Å². The second kappa shape index (κ2) is 17.6. The first-order valence-electron chi connectivity index (χ1n) is 22.1. The van der Waals surface area contributed by atoms with E-state index >= 15 is 0 Å². The number of rotatable bonds is 14. The zero-order valence-electron chi connectivity index (χ0n) is 36.3. The number of carbonyl (C=O) groups is 2. The highest BCUT2D eigenvalue weighted by Gasteiger charge is 2.46. The average Bonchev–Trinajstić information content (AvgIpc) is 4.09. The number of esters is 2. The lowest BCUT2D eigenvalue weighted by Gasteiger charge is -2.33. The van der Waals surface area contributed by atoms with Crippen LogP contribution in [0.5, 0.6) is 5.75 Å². The number of aromatic nitrogens is 2. The lowest BCUT2D eigenvalue weighted by atomic mass is 9.67. The van der Waals surface area contributed by atoms with Crippen LogP contribution in [0.25, 0.3) is 69.6 Å². The largest absolute Gasteiger partial charge is 0.494 e. The molecule has 8 nitrogen and oxygen atoms in total. The van der Waals surface area contributed by atoms with Gasteiger partial charge in [-0.15, -0.1) is 22.7 Å². The summed E-state index contributed by atoms with van der Waals surface area (Å²) >= 11 is 3.43. The van der Waals surface area contributed by atoms with Crippen molar-refractivity contribution < 1.29 is 28.5 Å². The van der Waals surface area contributed by atoms with E-state index in [1.54, 1.807) is 22.7 Å². The zero-order valence-corrected chi connectivity index (χ0v) is 38.0. The fourth-order valence-electron chi connectivity index (χ4n) is 9.48. The first kappa shape index (κ1) is 42.0. The normalized spacial score (nSPS) is 13.3. The van der Waals surface area contributed by atoms with Gasteiger partial charge in [0.05, 0.1) is 31.6 Å². The Kier molecular flexibility index (Phi) is 11.0. The van der Waals surface area contributed by atoms with Crippen LogP contribution in [0.3, 0.4) is 0 Å². The lowest BCUT2D eigenvalue weighted by Crippen LogP contribution is -2.28. The van der Waals surface area contributed by atoms with Crippen LogP contribution in [-0.2, 0) is 35.6 Å². The minimum Gasteiger partial charge on any atom is -0.494 e. The second-order valence-electron chi connectivity index (χ2n) is 16.4. The number of hydrogen-bond donors (Lipinski definition) is 0. The van der Waals surface area contributed by atoms with Crippen molar-refractivity contribution >= 4 is 71.9 Å². The molecule has 2 aliphatic carbocycles. The van der Waals surface area contributed by atoms with E-state index in [0.717, 1.165) is 88.7 Å². The molecule has 0 spiro atoms. The van der Waals surface area contributed by atoms with Crippen molar-refractivity contribution in [2.45, 2.75) is 18.3 Å². The lowest BCUT2D eigenvalue weighted by molar-refractivity contribution is -0.139. The Balaban J connectivity index is 0.925. The number of hydrogen-bond acceptors (Lipinski definition) is 10. The summed E-state index contributed by atoms with van der Waals surface area (Å²) in [6, 6.07) is 50.2. The average molecular weight is 915 g/mol. The van der Waals surface area contributed by atoms with Gasteiger partial charge in [0.25, 0.3) is 0 Å². The zero-order chi connectivity index (χ0) is 45.5. The molecule has 0 N–H and O–H groups in total. The molecule has 67 heavy (non-hydrogen) atoms. The molecule has 0 unspecified atom stereocenters. The summed E-state index contributed by atoms with van der Waals surface area (Å²) < 4.78 is 24.1. The van der Waals surface area contributed by atoms with E-state index in [1.807, 2.05) is 18.2 Å². The molecule has 2 aromatic heterocycles. The number of benzene rings is 7. The Bertz CT molecular complexity index is 3450. The van der Waals surface area contributed by atoms with Crippen LogP contribution < -0.4 is 4.74 Å². The topological polar surface area (TPSA) is 96.8 Å². The first-order chi connectivity index (χ1) is 32.9. The second-order valence-corrected chi connectivity index (χ2v) is 18.5. The van der Waals surface area contributed by atoms with Gasteiger partial charge in [-0.2, -0.15) is 0 Å². The van der Waals surface area contributed by atoms with Gasteiger partial charge in [-0.05, 0) is 116 Å². The Morgan fingerprint density at radius 1 is 0.582 bits per heavy atom. The molecule has 2 heterocycles. The van der Waals surface area contributed by atoms with Crippen molar-refractivity contribution in [3.8, 4) is 38.0 Å². The summed E-state index contributed by atoms with van der Waals surface area (Å²) in [7, 11) is 0. The summed E-state index contributed by atoms with van der Waals surface area (Å²) in [5, 5.41) is 4.06. The molecule has 10 heteroatoms. The molecule has 328 valence electrons. The molecule has 11 rings (SSSR count). The first-order valence-corrected chi connectivity index (χ1v) is 23.7. The Hall–Kier alpha value is -7.66. The molecule has 0 fully saturated rings. The van der Waals surface area contributed by atoms with Crippen LogP contribution in [0.2, 0.25) is 0 Å². The van der Waals surface area contributed by atoms with E-state index in [2.05, 4.69) is 141 Å². The third kappa shape index (κ3) is 7.77. The van der Waals surface area contributed by atoms with Crippen molar-refractivity contribution in [3.63, 3.8) is 0 Å². The quantitative estimate of drug-likeness (QED) is 0.0604. The van der Waals surface area contributed by atoms with Gasteiger partial charge in [0, 0.05) is 29.7 Å². The van der Waals surface area contributed by atoms with Crippen molar-refractivity contribution in [1.29, 1.82) is 0 Å². The van der Waals surface area contributed by atoms with Gasteiger partial charge in [-0.3, -0.25) is 0 Å². The van der Waals surface area contributed by atoms with Crippen LogP contribution in [0, 0.1) is 0 Å². The molecular weight excluding hydrogens is 873 g/mol. The van der Waals surface area contributed by atoms with E-state index in [4.69, 9.17) is 28.9 Å². The maximum Gasteiger partial charge on any atom is 0.330 e. The monoisotopic (exact) mass is 914 g/mol. The SMILES string of the molecule is C=CC(=O)OCCOC1=Cc2ccc(-c3nc4ccc(C5(c6ccc7nc(-c8ccc9cc(OCCOC(=O)C=C)ccc9c8)sc7c6)c6ccccc6-c6ccccc65)cc4s3)cc2CC1. The summed E-state index contributed by atoms with van der Waals surface area (Å²) in [5.74, 6) is 0.679. The van der Waals surface area contributed by atoms with Crippen LogP contribution in [0.4, 0.5) is 0 Å². The molecule has 0 bridgehead atoms. The van der Waals surface area contributed by atoms with E-state index in [-0.39, 0.29) is 19.8 Å². The molecule has 2 aliphatic rings. The number of allylic oxidation sites excluding steroid dienone is 1. The van der Waals surface area contributed by atoms with Gasteiger partial charge in [-0.1, -0.05) is 104 Å². The molecule has 0 saturated carbocycles. The fourth-order valence-corrected chi connectivity index (χ4v) is 11.5. The number of thiazole rings is 2. The van der Waals surface area contributed by atoms with E-state index in [9.17, 15) is 9.59 Å². The maximum atomic E-state index is 11.4. The van der Waals surface area contributed by atoms with E-state index in [1.165, 1.54) is 38.9 Å². The number of ether oxygens (including phenoxy) is 4. The molecule has 0 saturated heterocycles. The molecular formula is C57H42N2O6S2. The summed E-state index contributed by atoms with van der Waals surface area (Å²) in [5.41, 5.74) is 13.2. The van der Waals surface area contributed by atoms with Gasteiger partial charge in [0.15, 0.2) is 0 Å². The van der Waals surface area contributed by atoms with Gasteiger partial charge >= 0.3 is 11.9 Å². The smallest absolute Gasteiger partial charge is 0.330 e. The maximum absolute atomic E-state index is 11.4. The highest BCUT2D eigenvalue weighted by molar-refractivity contribution is 7.22. The van der Waals surface area contributed by atoms with Crippen LogP contribution in [0.15, 0.2) is 171 Å². The third-order valence-corrected chi connectivity index (χ3v) is 14.7. The molecule has 0 amide bonds. The van der Waals surface area contributed by atoms with Crippen LogP contribution in [-0.4, -0.2) is 48.3 Å². The van der Waals surface area contributed by atoms with Crippen molar-refractivity contribution in [2.75, 3.05) is 26.4 Å². The number of carbonyl (C=O) groups excluding carboxylic acids is 2. The van der Waals surface area contributed by atoms with Gasteiger partial charge in [0.1, 0.15) is 42.2 Å². The molecule has 7 aromatic carbocycles. The molecule has 0 atom stereocenters. The van der Waals surface area contributed by atoms with Gasteiger partial charge < -0.3 is 18.9 Å². The molecule has 0 aliphatic heterocycles. The molecule has 0 radical (unpaired) electrons. The fraction of sp³-hybridized carbons (Fsp3) is 0.123. The standard InChI is InChI=1S/C57H42N2O6S2/c1-3-53(60)64-27-25-62-43-21-17-35-29-39(15-13-37(35)31-43)55-58-49-23-19-41(33-51(49)66-55)57(47-11-7-5-9-45(47)46-10-6-8-12-48(46)57)42-20-24-50-52(34-42)67-56(59-50)40-16-14-38-32-44(22-18-36(38)30-40)63-26-28-65-54(61)4-2/h3-17,19-21,23-24,29-34H,1-2,18,22,25-28H2. The Labute approximate surface area is 395 Å². The number of fused-ring (bicyclic) bond motifs is 7. The predicted octanol–water partition coefficient (Wildman–Crippen LogP) is 12.9. The Morgan fingerprint density at radius 3 is 1.79 bits per heavy atom. The third-order valence-electron chi connectivity index (χ3n) is 12.5. The summed E-state index contributed by atoms with van der Waals surface area (Å²) in [6.45, 7) is 7.76. The van der Waals surface area contributed by atoms with E-state index in [0.29, 0.717) is 12.4 Å². The van der Waals surface area contributed by atoms with Gasteiger partial charge in [0.2, 0.25) is 0 Å². The highest BCUT2D eigenvalue weighted by Crippen LogP contribution is 2.57. The van der Waals surface area contributed by atoms with E-state index < -0.39 is 17.4 Å². The minimum absolute atomic E-state index is 0.153. The van der Waals surface area contributed by atoms with Crippen molar-refractivity contribution in [3.05, 3.63) is 204 Å². The summed E-state index contributed by atoms with van der Waals surface area (Å²) in [4.78, 5) is 33.1. The Morgan fingerprint density at radius 2 is 1.15 bits per heavy atom. The summed E-state index contributed by atoms with van der Waals surface area (Å²) in [6.07, 6.45) is 6.00. The van der Waals surface area contributed by atoms with Crippen molar-refractivity contribution in [1.82, 2.24) is 9.97 Å². The highest BCUT2D eigenvalue weighted by atomic mass is 32.1. The number of nitrogens with zero attached hydrogens (tertiary/aromatic N) is 2. The van der Waals surface area contributed by atoms with Gasteiger partial charge in [-0.25, -0.2) is 19.6 Å². The van der Waals surface area contributed by atoms with Crippen LogP contribution >= 0.6 is 22.7 Å². The van der Waals surface area contributed by atoms with Crippen molar-refractivity contribution in [2.24, 2.45) is 0 Å². The number of aryl methyl sites for hydroxylation is 1.